The van der Waals surface area contributed by atoms with E-state index in [0.717, 1.165) is 6.54 Å². The van der Waals surface area contributed by atoms with Crippen LogP contribution in [0.15, 0.2) is 29.6 Å². The van der Waals surface area contributed by atoms with E-state index in [2.05, 4.69) is 45.5 Å². The number of hydrogen-bond donors (Lipinski definition) is 1. The average Bonchev–Trinajstić information content (AvgIpc) is 3.00. The number of aromatic nitrogens is 2. The number of nitrogens with one attached hydrogen (secondary N) is 1. The summed E-state index contributed by atoms with van der Waals surface area (Å²) in [5.74, 6) is 0.158. The van der Waals surface area contributed by atoms with Crippen molar-refractivity contribution >= 4 is 23.1 Å². The summed E-state index contributed by atoms with van der Waals surface area (Å²) in [6.45, 7) is 5.07. The molecular formula is C14H17N3O2S. The normalized spacial score (nSPS) is 11.2. The van der Waals surface area contributed by atoms with Crippen LogP contribution < -0.4 is 5.32 Å². The van der Waals surface area contributed by atoms with Gasteiger partial charge in [0.05, 0.1) is 7.11 Å². The van der Waals surface area contributed by atoms with Gasteiger partial charge in [0, 0.05) is 16.8 Å². The molecule has 0 unspecified atom stereocenters. The summed E-state index contributed by atoms with van der Waals surface area (Å²) >= 11 is 1.74. The molecule has 106 valence electrons. The molecule has 2 aromatic rings. The molecule has 2 aromatic heterocycles. The second-order valence-corrected chi connectivity index (χ2v) is 5.96. The minimum Gasteiger partial charge on any atom is -0.464 e. The van der Waals surface area contributed by atoms with Crippen LogP contribution in [0, 0.1) is 0 Å². The fraction of sp³-hybridized carbons (Fsp3) is 0.357. The van der Waals surface area contributed by atoms with Crippen molar-refractivity contribution < 1.29 is 9.53 Å². The van der Waals surface area contributed by atoms with Gasteiger partial charge in [0.15, 0.2) is 5.69 Å². The molecule has 20 heavy (non-hydrogen) atoms. The molecule has 0 spiro atoms. The number of anilines is 1. The van der Waals surface area contributed by atoms with Crippen LogP contribution in [0.1, 0.15) is 29.2 Å². The molecule has 1 N–H and O–H groups in total. The maximum absolute atomic E-state index is 11.3. The minimum absolute atomic E-state index is 0.0108. The second-order valence-electron chi connectivity index (χ2n) is 5.01. The van der Waals surface area contributed by atoms with Gasteiger partial charge in [-0.3, -0.25) is 0 Å². The van der Waals surface area contributed by atoms with Gasteiger partial charge in [0.1, 0.15) is 5.82 Å². The van der Waals surface area contributed by atoms with Gasteiger partial charge in [-0.25, -0.2) is 4.79 Å². The fourth-order valence-corrected chi connectivity index (χ4v) is 2.55. The SMILES string of the molecule is COC(=O)c1ccc(NCC(C)(C)c2cccs2)nn1. The van der Waals surface area contributed by atoms with Gasteiger partial charge in [-0.1, -0.05) is 19.9 Å². The number of esters is 1. The van der Waals surface area contributed by atoms with Crippen molar-refractivity contribution in [3.8, 4) is 0 Å². The lowest BCUT2D eigenvalue weighted by atomic mass is 9.91. The van der Waals surface area contributed by atoms with Crippen molar-refractivity contribution in [3.63, 3.8) is 0 Å². The number of carbonyl (C=O) groups excluding carboxylic acids is 1. The van der Waals surface area contributed by atoms with E-state index < -0.39 is 5.97 Å². The van der Waals surface area contributed by atoms with Gasteiger partial charge in [0.25, 0.3) is 0 Å². The van der Waals surface area contributed by atoms with Crippen molar-refractivity contribution in [2.45, 2.75) is 19.3 Å². The van der Waals surface area contributed by atoms with E-state index >= 15 is 0 Å². The molecule has 0 aliphatic heterocycles. The lowest BCUT2D eigenvalue weighted by molar-refractivity contribution is 0.0593. The van der Waals surface area contributed by atoms with Crippen LogP contribution in [0.2, 0.25) is 0 Å². The van der Waals surface area contributed by atoms with Gasteiger partial charge in [-0.05, 0) is 23.6 Å². The first-order valence-corrected chi connectivity index (χ1v) is 7.11. The Morgan fingerprint density at radius 2 is 2.15 bits per heavy atom. The Balaban J connectivity index is 1.99. The van der Waals surface area contributed by atoms with E-state index in [1.807, 2.05) is 6.07 Å². The largest absolute Gasteiger partial charge is 0.464 e. The van der Waals surface area contributed by atoms with Crippen LogP contribution >= 0.6 is 11.3 Å². The number of rotatable bonds is 5. The number of carbonyl (C=O) groups is 1. The molecule has 0 atom stereocenters. The Hall–Kier alpha value is -1.95. The van der Waals surface area contributed by atoms with Crippen LogP contribution in [0.4, 0.5) is 5.82 Å². The van der Waals surface area contributed by atoms with Gasteiger partial charge in [-0.2, -0.15) is 0 Å². The molecule has 0 amide bonds. The number of hydrogen-bond acceptors (Lipinski definition) is 6. The molecule has 6 heteroatoms. The van der Waals surface area contributed by atoms with E-state index in [1.165, 1.54) is 12.0 Å². The van der Waals surface area contributed by atoms with Crippen molar-refractivity contribution in [2.24, 2.45) is 0 Å². The summed E-state index contributed by atoms with van der Waals surface area (Å²) in [6, 6.07) is 7.49. The van der Waals surface area contributed by atoms with Gasteiger partial charge in [0.2, 0.25) is 0 Å². The maximum atomic E-state index is 11.3. The highest BCUT2D eigenvalue weighted by molar-refractivity contribution is 7.10. The maximum Gasteiger partial charge on any atom is 0.358 e. The Morgan fingerprint density at radius 3 is 2.70 bits per heavy atom. The number of ether oxygens (including phenoxy) is 1. The molecule has 2 rings (SSSR count). The Bertz CT molecular complexity index is 565. The molecule has 0 saturated heterocycles. The Morgan fingerprint density at radius 1 is 1.35 bits per heavy atom. The topological polar surface area (TPSA) is 64.1 Å². The smallest absolute Gasteiger partial charge is 0.358 e. The number of thiophene rings is 1. The third kappa shape index (κ3) is 3.33. The minimum atomic E-state index is -0.483. The first-order valence-electron chi connectivity index (χ1n) is 6.23. The summed E-state index contributed by atoms with van der Waals surface area (Å²) in [4.78, 5) is 12.6. The van der Waals surface area contributed by atoms with Crippen LogP contribution in [0.25, 0.3) is 0 Å². The van der Waals surface area contributed by atoms with Crippen LogP contribution in [0.5, 0.6) is 0 Å². The monoisotopic (exact) mass is 291 g/mol. The van der Waals surface area contributed by atoms with E-state index in [1.54, 1.807) is 23.5 Å². The molecule has 0 fully saturated rings. The van der Waals surface area contributed by atoms with Crippen LogP contribution in [-0.4, -0.2) is 29.8 Å². The highest BCUT2D eigenvalue weighted by atomic mass is 32.1. The molecule has 0 bridgehead atoms. The summed E-state index contributed by atoms with van der Waals surface area (Å²) < 4.78 is 4.58. The summed E-state index contributed by atoms with van der Waals surface area (Å²) in [5, 5.41) is 13.1. The molecule has 0 saturated carbocycles. The van der Waals surface area contributed by atoms with E-state index in [9.17, 15) is 4.79 Å². The summed E-state index contributed by atoms with van der Waals surface area (Å²) in [7, 11) is 1.32. The summed E-state index contributed by atoms with van der Waals surface area (Å²) in [6.07, 6.45) is 0. The quantitative estimate of drug-likeness (QED) is 0.858. The lowest BCUT2D eigenvalue weighted by Crippen LogP contribution is -2.27. The average molecular weight is 291 g/mol. The Labute approximate surface area is 122 Å². The standard InChI is InChI=1S/C14H17N3O2S/c1-14(2,11-5-4-8-20-11)9-15-12-7-6-10(16-17-12)13(18)19-3/h4-8H,9H2,1-3H3,(H,15,17). The Kier molecular flexibility index (Phi) is 4.34. The van der Waals surface area contributed by atoms with Crippen LogP contribution in [-0.2, 0) is 10.2 Å². The van der Waals surface area contributed by atoms with E-state index in [4.69, 9.17) is 0 Å². The van der Waals surface area contributed by atoms with Crippen molar-refractivity contribution in [1.29, 1.82) is 0 Å². The first kappa shape index (κ1) is 14.5. The highest BCUT2D eigenvalue weighted by Crippen LogP contribution is 2.27. The molecule has 0 radical (unpaired) electrons. The predicted octanol–water partition coefficient (Wildman–Crippen LogP) is 2.71. The molecule has 2 heterocycles. The highest BCUT2D eigenvalue weighted by Gasteiger charge is 2.21. The van der Waals surface area contributed by atoms with Crippen molar-refractivity contribution in [1.82, 2.24) is 10.2 Å². The second kappa shape index (κ2) is 6.00. The molecule has 0 aromatic carbocycles. The fourth-order valence-electron chi connectivity index (χ4n) is 1.70. The zero-order valence-electron chi connectivity index (χ0n) is 11.7. The summed E-state index contributed by atoms with van der Waals surface area (Å²) in [5.41, 5.74) is 0.215. The number of methoxy groups -OCH3 is 1. The molecule has 0 aliphatic rings. The third-order valence-electron chi connectivity index (χ3n) is 2.96. The van der Waals surface area contributed by atoms with Gasteiger partial charge in [-0.15, -0.1) is 21.5 Å². The third-order valence-corrected chi connectivity index (χ3v) is 4.19. The van der Waals surface area contributed by atoms with E-state index in [-0.39, 0.29) is 11.1 Å². The van der Waals surface area contributed by atoms with Crippen molar-refractivity contribution in [2.75, 3.05) is 19.0 Å². The van der Waals surface area contributed by atoms with Crippen LogP contribution in [0.3, 0.4) is 0 Å². The molecule has 0 aliphatic carbocycles. The van der Waals surface area contributed by atoms with Crippen molar-refractivity contribution in [3.05, 3.63) is 40.2 Å². The lowest BCUT2D eigenvalue weighted by Gasteiger charge is -2.23. The predicted molar refractivity (Wildman–Crippen MR) is 79.2 cm³/mol. The molecular weight excluding hydrogens is 274 g/mol. The van der Waals surface area contributed by atoms with E-state index in [0.29, 0.717) is 5.82 Å². The zero-order chi connectivity index (χ0) is 14.6. The zero-order valence-corrected chi connectivity index (χ0v) is 12.5. The molecule has 5 nitrogen and oxygen atoms in total. The van der Waals surface area contributed by atoms with Gasteiger partial charge >= 0.3 is 5.97 Å². The number of nitrogens with zero attached hydrogens (tertiary/aromatic N) is 2. The van der Waals surface area contributed by atoms with Gasteiger partial charge < -0.3 is 10.1 Å². The first-order chi connectivity index (χ1) is 9.53.